The molecule has 0 radical (unpaired) electrons. The van der Waals surface area contributed by atoms with Gasteiger partial charge in [-0.25, -0.2) is 0 Å². The van der Waals surface area contributed by atoms with Crippen molar-refractivity contribution in [1.29, 1.82) is 10.5 Å². The van der Waals surface area contributed by atoms with Gasteiger partial charge in [0.25, 0.3) is 5.91 Å². The van der Waals surface area contributed by atoms with E-state index in [0.717, 1.165) is 5.56 Å². The third kappa shape index (κ3) is 6.37. The molecule has 0 saturated carbocycles. The number of halogens is 1. The maximum Gasteiger partial charge on any atom is 0.266 e. The average molecular weight is 444 g/mol. The van der Waals surface area contributed by atoms with Gasteiger partial charge in [0.05, 0.1) is 5.02 Å². The molecule has 1 N–H and O–H groups in total. The van der Waals surface area contributed by atoms with Gasteiger partial charge in [-0.15, -0.1) is 0 Å². The maximum atomic E-state index is 12.5. The number of rotatable bonds is 8. The van der Waals surface area contributed by atoms with E-state index in [-0.39, 0.29) is 17.2 Å². The van der Waals surface area contributed by atoms with Crippen molar-refractivity contribution in [2.75, 3.05) is 11.9 Å². The molecule has 0 aliphatic heterocycles. The van der Waals surface area contributed by atoms with E-state index in [9.17, 15) is 10.1 Å². The molecule has 0 bridgehead atoms. The molecule has 0 unspecified atom stereocenters. The molecule has 0 atom stereocenters. The van der Waals surface area contributed by atoms with E-state index in [1.54, 1.807) is 42.5 Å². The van der Waals surface area contributed by atoms with Gasteiger partial charge in [-0.3, -0.25) is 4.79 Å². The van der Waals surface area contributed by atoms with Crippen LogP contribution >= 0.6 is 11.6 Å². The topological polar surface area (TPSA) is 95.1 Å². The number of nitrogens with one attached hydrogen (secondary N) is 1. The summed E-state index contributed by atoms with van der Waals surface area (Å²) < 4.78 is 10.9. The molecule has 3 aromatic carbocycles. The number of carbonyl (C=O) groups excluding carboxylic acids is 1. The lowest BCUT2D eigenvalue weighted by Crippen LogP contribution is -2.13. The standard InChI is InChI=1S/C25H18ClN3O3/c26-23-15-19(6-11-24(23)31-13-12-27)14-20(16-28)25(30)29-21-7-9-22(10-8-21)32-17-18-4-2-1-3-5-18/h1-11,14-15H,13,17H2,(H,29,30)/b20-14+. The van der Waals surface area contributed by atoms with Crippen molar-refractivity contribution >= 4 is 29.3 Å². The molecule has 0 aliphatic carbocycles. The summed E-state index contributed by atoms with van der Waals surface area (Å²) in [4.78, 5) is 12.5. The Balaban J connectivity index is 1.62. The summed E-state index contributed by atoms with van der Waals surface area (Å²) in [6, 6.07) is 25.2. The zero-order valence-electron chi connectivity index (χ0n) is 16.9. The van der Waals surface area contributed by atoms with Crippen LogP contribution in [0.4, 0.5) is 5.69 Å². The minimum absolute atomic E-state index is 0.0869. The van der Waals surface area contributed by atoms with Crippen LogP contribution in [0.3, 0.4) is 0 Å². The van der Waals surface area contributed by atoms with E-state index >= 15 is 0 Å². The summed E-state index contributed by atoms with van der Waals surface area (Å²) in [5, 5.41) is 21.0. The van der Waals surface area contributed by atoms with Crippen LogP contribution < -0.4 is 14.8 Å². The van der Waals surface area contributed by atoms with E-state index < -0.39 is 5.91 Å². The number of nitriles is 2. The van der Waals surface area contributed by atoms with Crippen molar-refractivity contribution in [3.8, 4) is 23.6 Å². The Hall–Kier alpha value is -4.26. The average Bonchev–Trinajstić information content (AvgIpc) is 2.82. The zero-order valence-corrected chi connectivity index (χ0v) is 17.7. The number of carbonyl (C=O) groups is 1. The van der Waals surface area contributed by atoms with Crippen molar-refractivity contribution in [1.82, 2.24) is 0 Å². The van der Waals surface area contributed by atoms with E-state index in [1.165, 1.54) is 6.08 Å². The molecule has 3 aromatic rings. The van der Waals surface area contributed by atoms with Crippen molar-refractivity contribution in [3.63, 3.8) is 0 Å². The fraction of sp³-hybridized carbons (Fsp3) is 0.0800. The number of benzene rings is 3. The first-order valence-electron chi connectivity index (χ1n) is 9.58. The van der Waals surface area contributed by atoms with Crippen LogP contribution in [0.25, 0.3) is 6.08 Å². The van der Waals surface area contributed by atoms with Crippen LogP contribution in [-0.2, 0) is 11.4 Å². The molecule has 1 amide bonds. The van der Waals surface area contributed by atoms with Crippen molar-refractivity contribution < 1.29 is 14.3 Å². The van der Waals surface area contributed by atoms with Crippen LogP contribution in [0.2, 0.25) is 5.02 Å². The SMILES string of the molecule is N#CCOc1ccc(/C=C(\C#N)C(=O)Nc2ccc(OCc3ccccc3)cc2)cc1Cl. The van der Waals surface area contributed by atoms with Gasteiger partial charge in [0.15, 0.2) is 6.61 Å². The third-order valence-corrected chi connectivity index (χ3v) is 4.58. The van der Waals surface area contributed by atoms with Crippen molar-refractivity contribution in [2.24, 2.45) is 0 Å². The molecule has 0 heterocycles. The quantitative estimate of drug-likeness (QED) is 0.373. The molecule has 0 aromatic heterocycles. The zero-order chi connectivity index (χ0) is 22.8. The van der Waals surface area contributed by atoms with Gasteiger partial charge < -0.3 is 14.8 Å². The van der Waals surface area contributed by atoms with Crippen LogP contribution in [0.5, 0.6) is 11.5 Å². The Morgan fingerprint density at radius 1 is 1.00 bits per heavy atom. The third-order valence-electron chi connectivity index (χ3n) is 4.28. The fourth-order valence-corrected chi connectivity index (χ4v) is 2.97. The molecule has 158 valence electrons. The Morgan fingerprint density at radius 3 is 2.41 bits per heavy atom. The number of anilines is 1. The minimum atomic E-state index is -0.550. The first-order valence-corrected chi connectivity index (χ1v) is 9.96. The second-order valence-electron chi connectivity index (χ2n) is 6.56. The molecule has 7 heteroatoms. The monoisotopic (exact) mass is 443 g/mol. The summed E-state index contributed by atoms with van der Waals surface area (Å²) in [6.07, 6.45) is 1.42. The van der Waals surface area contributed by atoms with E-state index in [1.807, 2.05) is 42.5 Å². The predicted molar refractivity (Wildman–Crippen MR) is 122 cm³/mol. The molecule has 0 aliphatic rings. The highest BCUT2D eigenvalue weighted by Gasteiger charge is 2.11. The summed E-state index contributed by atoms with van der Waals surface area (Å²) in [5.41, 5.74) is 2.05. The lowest BCUT2D eigenvalue weighted by molar-refractivity contribution is -0.112. The van der Waals surface area contributed by atoms with Gasteiger partial charge >= 0.3 is 0 Å². The normalized spacial score (nSPS) is 10.5. The number of hydrogen-bond acceptors (Lipinski definition) is 5. The van der Waals surface area contributed by atoms with E-state index in [2.05, 4.69) is 5.32 Å². The smallest absolute Gasteiger partial charge is 0.266 e. The highest BCUT2D eigenvalue weighted by Crippen LogP contribution is 2.26. The lowest BCUT2D eigenvalue weighted by atomic mass is 10.1. The second kappa shape index (κ2) is 11.2. The van der Waals surface area contributed by atoms with Crippen LogP contribution in [-0.4, -0.2) is 12.5 Å². The number of ether oxygens (including phenoxy) is 2. The highest BCUT2D eigenvalue weighted by atomic mass is 35.5. The van der Waals surface area contributed by atoms with Gasteiger partial charge in [0.2, 0.25) is 0 Å². The van der Waals surface area contributed by atoms with Crippen molar-refractivity contribution in [2.45, 2.75) is 6.61 Å². The summed E-state index contributed by atoms with van der Waals surface area (Å²) in [6.45, 7) is 0.313. The Morgan fingerprint density at radius 2 is 1.75 bits per heavy atom. The molecule has 0 spiro atoms. The first-order chi connectivity index (χ1) is 15.6. The molecule has 6 nitrogen and oxygen atoms in total. The van der Waals surface area contributed by atoms with Gasteiger partial charge in [0.1, 0.15) is 35.8 Å². The number of hydrogen-bond donors (Lipinski definition) is 1. The summed E-state index contributed by atoms with van der Waals surface area (Å²) in [5.74, 6) is 0.463. The summed E-state index contributed by atoms with van der Waals surface area (Å²) >= 11 is 6.12. The fourth-order valence-electron chi connectivity index (χ4n) is 2.72. The predicted octanol–water partition coefficient (Wildman–Crippen LogP) is 5.37. The molecule has 3 rings (SSSR count). The Bertz CT molecular complexity index is 1190. The van der Waals surface area contributed by atoms with Gasteiger partial charge in [0, 0.05) is 5.69 Å². The highest BCUT2D eigenvalue weighted by molar-refractivity contribution is 6.32. The van der Waals surface area contributed by atoms with Crippen LogP contribution in [0.1, 0.15) is 11.1 Å². The largest absolute Gasteiger partial charge is 0.489 e. The van der Waals surface area contributed by atoms with E-state index in [0.29, 0.717) is 29.4 Å². The molecular formula is C25H18ClN3O3. The molecule has 0 fully saturated rings. The van der Waals surface area contributed by atoms with Crippen molar-refractivity contribution in [3.05, 3.63) is 94.5 Å². The first kappa shape index (κ1) is 22.4. The van der Waals surface area contributed by atoms with Crippen LogP contribution in [0, 0.1) is 22.7 Å². The van der Waals surface area contributed by atoms with Gasteiger partial charge in [-0.1, -0.05) is 48.0 Å². The van der Waals surface area contributed by atoms with E-state index in [4.69, 9.17) is 26.3 Å². The lowest BCUT2D eigenvalue weighted by Gasteiger charge is -2.08. The van der Waals surface area contributed by atoms with Gasteiger partial charge in [-0.2, -0.15) is 10.5 Å². The van der Waals surface area contributed by atoms with Gasteiger partial charge in [-0.05, 0) is 53.6 Å². The minimum Gasteiger partial charge on any atom is -0.489 e. The maximum absolute atomic E-state index is 12.5. The summed E-state index contributed by atoms with van der Waals surface area (Å²) in [7, 11) is 0. The number of amides is 1. The molecule has 32 heavy (non-hydrogen) atoms. The Kier molecular flexibility index (Phi) is 7.86. The molecular weight excluding hydrogens is 426 g/mol. The Labute approximate surface area is 190 Å². The molecule has 0 saturated heterocycles. The number of nitrogens with zero attached hydrogens (tertiary/aromatic N) is 2. The van der Waals surface area contributed by atoms with Crippen LogP contribution in [0.15, 0.2) is 78.4 Å². The second-order valence-corrected chi connectivity index (χ2v) is 6.97.